The molecule has 1 aliphatic rings. The summed E-state index contributed by atoms with van der Waals surface area (Å²) in [5.74, 6) is 0.0402. The fourth-order valence-corrected chi connectivity index (χ4v) is 1.99. The van der Waals surface area contributed by atoms with Gasteiger partial charge in [0, 0.05) is 12.2 Å². The smallest absolute Gasteiger partial charge is 0.417 e. The molecule has 1 aliphatic heterocycles. The second-order valence-corrected chi connectivity index (χ2v) is 4.52. The molecule has 100 valence electrons. The molecular formula is C11H12ClF3N2O. The quantitative estimate of drug-likeness (QED) is 0.924. The van der Waals surface area contributed by atoms with Crippen LogP contribution in [0.25, 0.3) is 0 Å². The first-order chi connectivity index (χ1) is 8.47. The van der Waals surface area contributed by atoms with Crippen molar-refractivity contribution in [3.8, 4) is 5.88 Å². The number of ether oxygens (including phenoxy) is 1. The van der Waals surface area contributed by atoms with Crippen molar-refractivity contribution < 1.29 is 17.9 Å². The third kappa shape index (κ3) is 3.26. The van der Waals surface area contributed by atoms with Crippen molar-refractivity contribution in [1.29, 1.82) is 0 Å². The van der Waals surface area contributed by atoms with E-state index in [2.05, 4.69) is 10.3 Å². The number of hydrogen-bond acceptors (Lipinski definition) is 3. The molecule has 0 radical (unpaired) electrons. The minimum atomic E-state index is -4.44. The second kappa shape index (κ2) is 5.32. The van der Waals surface area contributed by atoms with Crippen LogP contribution in [0.4, 0.5) is 13.2 Å². The van der Waals surface area contributed by atoms with Crippen LogP contribution in [0.2, 0.25) is 5.02 Å². The van der Waals surface area contributed by atoms with Gasteiger partial charge in [-0.25, -0.2) is 4.98 Å². The fourth-order valence-electron chi connectivity index (χ4n) is 1.77. The van der Waals surface area contributed by atoms with E-state index in [4.69, 9.17) is 16.3 Å². The van der Waals surface area contributed by atoms with E-state index in [0.29, 0.717) is 6.61 Å². The van der Waals surface area contributed by atoms with E-state index in [-0.39, 0.29) is 16.9 Å². The van der Waals surface area contributed by atoms with Crippen LogP contribution in [0.5, 0.6) is 5.88 Å². The molecule has 1 aromatic heterocycles. The van der Waals surface area contributed by atoms with E-state index in [9.17, 15) is 13.2 Å². The lowest BCUT2D eigenvalue weighted by atomic mass is 10.2. The Labute approximate surface area is 107 Å². The summed E-state index contributed by atoms with van der Waals surface area (Å²) in [6.07, 6.45) is -1.66. The number of hydrogen-bond donors (Lipinski definition) is 1. The molecule has 1 aromatic rings. The number of aromatic nitrogens is 1. The number of rotatable bonds is 3. The van der Waals surface area contributed by atoms with Gasteiger partial charge in [-0.05, 0) is 25.5 Å². The Hall–Kier alpha value is -1.01. The van der Waals surface area contributed by atoms with Gasteiger partial charge in [-0.2, -0.15) is 13.2 Å². The van der Waals surface area contributed by atoms with Crippen molar-refractivity contribution in [3.63, 3.8) is 0 Å². The summed E-state index contributed by atoms with van der Waals surface area (Å²) in [5, 5.41) is 3.08. The van der Waals surface area contributed by atoms with Crippen LogP contribution >= 0.6 is 11.6 Å². The predicted molar refractivity (Wildman–Crippen MR) is 60.8 cm³/mol. The van der Waals surface area contributed by atoms with Gasteiger partial charge >= 0.3 is 6.18 Å². The number of nitrogens with zero attached hydrogens (tertiary/aromatic N) is 1. The molecule has 0 spiro atoms. The molecule has 1 fully saturated rings. The highest BCUT2D eigenvalue weighted by Gasteiger charge is 2.31. The first-order valence-electron chi connectivity index (χ1n) is 5.56. The molecule has 0 bridgehead atoms. The lowest BCUT2D eigenvalue weighted by molar-refractivity contribution is -0.137. The second-order valence-electron chi connectivity index (χ2n) is 4.11. The number of pyridine rings is 1. The Bertz CT molecular complexity index is 419. The van der Waals surface area contributed by atoms with Crippen molar-refractivity contribution in [2.45, 2.75) is 25.1 Å². The maximum atomic E-state index is 12.4. The SMILES string of the molecule is FC(F)(F)c1cnc(OC[C@H]2CCCN2)c(Cl)c1. The molecule has 1 N–H and O–H groups in total. The molecule has 0 amide bonds. The van der Waals surface area contributed by atoms with Gasteiger partial charge in [-0.15, -0.1) is 0 Å². The largest absolute Gasteiger partial charge is 0.475 e. The van der Waals surface area contributed by atoms with Gasteiger partial charge in [0.15, 0.2) is 0 Å². The van der Waals surface area contributed by atoms with E-state index >= 15 is 0 Å². The molecule has 3 nitrogen and oxygen atoms in total. The summed E-state index contributed by atoms with van der Waals surface area (Å²) in [6, 6.07) is 1.04. The van der Waals surface area contributed by atoms with Gasteiger partial charge in [-0.3, -0.25) is 0 Å². The Morgan fingerprint density at radius 2 is 2.28 bits per heavy atom. The molecular weight excluding hydrogens is 269 g/mol. The molecule has 2 heterocycles. The number of alkyl halides is 3. The minimum Gasteiger partial charge on any atom is -0.475 e. The Balaban J connectivity index is 2.01. The van der Waals surface area contributed by atoms with Crippen LogP contribution in [0.3, 0.4) is 0 Å². The first kappa shape index (κ1) is 13.4. The molecule has 2 rings (SSSR count). The monoisotopic (exact) mass is 280 g/mol. The predicted octanol–water partition coefficient (Wildman–Crippen LogP) is 2.88. The third-order valence-electron chi connectivity index (χ3n) is 2.72. The van der Waals surface area contributed by atoms with Crippen molar-refractivity contribution in [2.75, 3.05) is 13.2 Å². The molecule has 0 saturated carbocycles. The Kier molecular flexibility index (Phi) is 3.97. The standard InChI is InChI=1S/C11H12ClF3N2O/c12-9-4-7(11(13,14)15)5-17-10(9)18-6-8-2-1-3-16-8/h4-5,8,16H,1-3,6H2/t8-/m1/s1. The van der Waals surface area contributed by atoms with Gasteiger partial charge in [0.1, 0.15) is 11.6 Å². The minimum absolute atomic E-state index is 0.0402. The van der Waals surface area contributed by atoms with Crippen LogP contribution in [-0.2, 0) is 6.18 Å². The molecule has 0 unspecified atom stereocenters. The first-order valence-corrected chi connectivity index (χ1v) is 5.93. The van der Waals surface area contributed by atoms with E-state index in [1.807, 2.05) is 0 Å². The number of halogens is 4. The van der Waals surface area contributed by atoms with Crippen molar-refractivity contribution in [2.24, 2.45) is 0 Å². The summed E-state index contributed by atoms with van der Waals surface area (Å²) in [4.78, 5) is 3.60. The summed E-state index contributed by atoms with van der Waals surface area (Å²) in [5.41, 5.74) is -0.876. The van der Waals surface area contributed by atoms with Crippen LogP contribution in [0.1, 0.15) is 18.4 Å². The maximum Gasteiger partial charge on any atom is 0.417 e. The van der Waals surface area contributed by atoms with Gasteiger partial charge in [-0.1, -0.05) is 11.6 Å². The van der Waals surface area contributed by atoms with Gasteiger partial charge in [0.2, 0.25) is 5.88 Å². The zero-order valence-electron chi connectivity index (χ0n) is 9.43. The maximum absolute atomic E-state index is 12.4. The highest BCUT2D eigenvalue weighted by atomic mass is 35.5. The summed E-state index contributed by atoms with van der Waals surface area (Å²) < 4.78 is 42.5. The van der Waals surface area contributed by atoms with Crippen molar-refractivity contribution in [1.82, 2.24) is 10.3 Å². The fraction of sp³-hybridized carbons (Fsp3) is 0.545. The number of nitrogens with one attached hydrogen (secondary N) is 1. The van der Waals surface area contributed by atoms with E-state index < -0.39 is 11.7 Å². The molecule has 1 atom stereocenters. The highest BCUT2D eigenvalue weighted by Crippen LogP contribution is 2.33. The lowest BCUT2D eigenvalue weighted by Gasteiger charge is -2.13. The lowest BCUT2D eigenvalue weighted by Crippen LogP contribution is -2.28. The van der Waals surface area contributed by atoms with Crippen molar-refractivity contribution >= 4 is 11.6 Å². The van der Waals surface area contributed by atoms with E-state index in [1.54, 1.807) is 0 Å². The van der Waals surface area contributed by atoms with Crippen LogP contribution < -0.4 is 10.1 Å². The topological polar surface area (TPSA) is 34.1 Å². The van der Waals surface area contributed by atoms with E-state index in [1.165, 1.54) is 0 Å². The van der Waals surface area contributed by atoms with Gasteiger partial charge in [0.25, 0.3) is 0 Å². The summed E-state index contributed by atoms with van der Waals surface area (Å²) in [7, 11) is 0. The molecule has 18 heavy (non-hydrogen) atoms. The zero-order valence-corrected chi connectivity index (χ0v) is 10.2. The van der Waals surface area contributed by atoms with Gasteiger partial charge in [0.05, 0.1) is 5.56 Å². The Morgan fingerprint density at radius 3 is 2.83 bits per heavy atom. The third-order valence-corrected chi connectivity index (χ3v) is 2.99. The van der Waals surface area contributed by atoms with E-state index in [0.717, 1.165) is 31.6 Å². The molecule has 0 aliphatic carbocycles. The highest BCUT2D eigenvalue weighted by molar-refractivity contribution is 6.31. The van der Waals surface area contributed by atoms with Crippen LogP contribution in [0.15, 0.2) is 12.3 Å². The average Bonchev–Trinajstić information content (AvgIpc) is 2.79. The van der Waals surface area contributed by atoms with Crippen LogP contribution in [0, 0.1) is 0 Å². The zero-order chi connectivity index (χ0) is 13.2. The normalized spacial score (nSPS) is 20.1. The summed E-state index contributed by atoms with van der Waals surface area (Å²) in [6.45, 7) is 1.29. The van der Waals surface area contributed by atoms with Gasteiger partial charge < -0.3 is 10.1 Å². The Morgan fingerprint density at radius 1 is 1.50 bits per heavy atom. The average molecular weight is 281 g/mol. The van der Waals surface area contributed by atoms with Crippen molar-refractivity contribution in [3.05, 3.63) is 22.8 Å². The molecule has 1 saturated heterocycles. The van der Waals surface area contributed by atoms with Crippen LogP contribution in [-0.4, -0.2) is 24.2 Å². The molecule has 7 heteroatoms. The molecule has 0 aromatic carbocycles. The summed E-state index contributed by atoms with van der Waals surface area (Å²) >= 11 is 5.71.